The smallest absolute Gasteiger partial charge is 0.416 e. The summed E-state index contributed by atoms with van der Waals surface area (Å²) in [6, 6.07) is 8.08. The molecule has 31 heavy (non-hydrogen) atoms. The van der Waals surface area contributed by atoms with Crippen LogP contribution in [0.3, 0.4) is 0 Å². The standard InChI is InChI=1S/C21H20F3NO5S/c1-2-3-11-30-19(26)13-17-16-9-4-5-10-18(16)31(28,29)25(17)20(27)14-7-6-8-15(12-14)21(22,23)24/h4-10,12,17H,2-3,11,13H2,1H3. The maximum Gasteiger partial charge on any atom is 0.416 e. The Labute approximate surface area is 177 Å². The van der Waals surface area contributed by atoms with Gasteiger partial charge in [0.2, 0.25) is 0 Å². The number of alkyl halides is 3. The van der Waals surface area contributed by atoms with E-state index in [1.165, 1.54) is 18.2 Å². The van der Waals surface area contributed by atoms with Crippen LogP contribution >= 0.6 is 0 Å². The van der Waals surface area contributed by atoms with Gasteiger partial charge in [0.25, 0.3) is 15.9 Å². The molecule has 1 unspecified atom stereocenters. The Morgan fingerprint density at radius 3 is 2.48 bits per heavy atom. The molecule has 2 aromatic carbocycles. The molecular formula is C21H20F3NO5S. The molecule has 166 valence electrons. The number of unbranched alkanes of at least 4 members (excludes halogenated alkanes) is 1. The van der Waals surface area contributed by atoms with Gasteiger partial charge in [-0.1, -0.05) is 37.6 Å². The summed E-state index contributed by atoms with van der Waals surface area (Å²) in [6.07, 6.45) is -3.73. The quantitative estimate of drug-likeness (QED) is 0.479. The SMILES string of the molecule is CCCCOC(=O)CC1c2ccccc2S(=O)(=O)N1C(=O)c1cccc(C(F)(F)F)c1. The molecule has 0 aromatic heterocycles. The molecule has 0 aliphatic carbocycles. The summed E-state index contributed by atoms with van der Waals surface area (Å²) in [5.41, 5.74) is -1.31. The molecule has 0 fully saturated rings. The number of hydrogen-bond donors (Lipinski definition) is 0. The molecule has 0 N–H and O–H groups in total. The van der Waals surface area contributed by atoms with Gasteiger partial charge in [-0.2, -0.15) is 13.2 Å². The molecule has 0 saturated carbocycles. The van der Waals surface area contributed by atoms with Crippen LogP contribution in [0.1, 0.15) is 53.7 Å². The fourth-order valence-corrected chi connectivity index (χ4v) is 5.15. The fraction of sp³-hybridized carbons (Fsp3) is 0.333. The van der Waals surface area contributed by atoms with E-state index in [-0.39, 0.29) is 17.1 Å². The van der Waals surface area contributed by atoms with E-state index in [4.69, 9.17) is 4.74 Å². The second-order valence-electron chi connectivity index (χ2n) is 7.02. The second kappa shape index (κ2) is 8.70. The summed E-state index contributed by atoms with van der Waals surface area (Å²) in [5, 5.41) is 0. The van der Waals surface area contributed by atoms with Crippen molar-refractivity contribution in [2.24, 2.45) is 0 Å². The van der Waals surface area contributed by atoms with Crippen molar-refractivity contribution in [2.75, 3.05) is 6.61 Å². The molecule has 10 heteroatoms. The van der Waals surface area contributed by atoms with Crippen LogP contribution in [0.5, 0.6) is 0 Å². The number of carbonyl (C=O) groups excluding carboxylic acids is 2. The van der Waals surface area contributed by atoms with Crippen LogP contribution in [-0.2, 0) is 25.7 Å². The van der Waals surface area contributed by atoms with Crippen molar-refractivity contribution in [3.63, 3.8) is 0 Å². The number of amides is 1. The zero-order valence-corrected chi connectivity index (χ0v) is 17.4. The normalized spacial score (nSPS) is 17.3. The third-order valence-corrected chi connectivity index (χ3v) is 6.72. The monoisotopic (exact) mass is 455 g/mol. The number of sulfonamides is 1. The molecule has 2 aromatic rings. The van der Waals surface area contributed by atoms with Crippen LogP contribution in [0.4, 0.5) is 13.2 Å². The molecule has 6 nitrogen and oxygen atoms in total. The molecule has 1 aliphatic heterocycles. The van der Waals surface area contributed by atoms with Gasteiger partial charge in [0.1, 0.15) is 0 Å². The lowest BCUT2D eigenvalue weighted by Crippen LogP contribution is -2.36. The highest BCUT2D eigenvalue weighted by atomic mass is 32.2. The minimum absolute atomic E-state index is 0.151. The average Bonchev–Trinajstić information content (AvgIpc) is 2.94. The third kappa shape index (κ3) is 4.58. The molecular weight excluding hydrogens is 435 g/mol. The van der Waals surface area contributed by atoms with Gasteiger partial charge in [0.15, 0.2) is 0 Å². The van der Waals surface area contributed by atoms with Gasteiger partial charge in [-0.05, 0) is 36.2 Å². The minimum atomic E-state index is -4.70. The topological polar surface area (TPSA) is 80.8 Å². The van der Waals surface area contributed by atoms with E-state index in [9.17, 15) is 31.2 Å². The summed E-state index contributed by atoms with van der Waals surface area (Å²) in [4.78, 5) is 25.2. The van der Waals surface area contributed by atoms with Crippen molar-refractivity contribution < 1.29 is 35.9 Å². The average molecular weight is 455 g/mol. The maximum atomic E-state index is 13.1. The van der Waals surface area contributed by atoms with Crippen molar-refractivity contribution in [2.45, 2.75) is 43.3 Å². The number of rotatable bonds is 6. The Hall–Kier alpha value is -2.88. The highest BCUT2D eigenvalue weighted by Gasteiger charge is 2.47. The van der Waals surface area contributed by atoms with Crippen molar-refractivity contribution in [3.05, 3.63) is 65.2 Å². The summed E-state index contributed by atoms with van der Waals surface area (Å²) in [6.45, 7) is 2.06. The summed E-state index contributed by atoms with van der Waals surface area (Å²) >= 11 is 0. The first-order chi connectivity index (χ1) is 14.6. The second-order valence-corrected chi connectivity index (χ2v) is 8.80. The number of benzene rings is 2. The molecule has 1 amide bonds. The van der Waals surface area contributed by atoms with Gasteiger partial charge < -0.3 is 4.74 Å². The Balaban J connectivity index is 2.00. The number of ether oxygens (including phenoxy) is 1. The van der Waals surface area contributed by atoms with Gasteiger partial charge in [0, 0.05) is 5.56 Å². The molecule has 0 spiro atoms. The summed E-state index contributed by atoms with van der Waals surface area (Å²) in [7, 11) is -4.37. The largest absolute Gasteiger partial charge is 0.466 e. The maximum absolute atomic E-state index is 13.1. The molecule has 1 aliphatic rings. The van der Waals surface area contributed by atoms with E-state index in [2.05, 4.69) is 0 Å². The van der Waals surface area contributed by atoms with E-state index in [0.29, 0.717) is 16.8 Å². The first kappa shape index (κ1) is 22.8. The van der Waals surface area contributed by atoms with Crippen LogP contribution in [0, 0.1) is 0 Å². The molecule has 0 bridgehead atoms. The zero-order chi connectivity index (χ0) is 22.8. The van der Waals surface area contributed by atoms with E-state index < -0.39 is 51.7 Å². The highest BCUT2D eigenvalue weighted by Crippen LogP contribution is 2.42. The van der Waals surface area contributed by atoms with Gasteiger partial charge >= 0.3 is 12.1 Å². The predicted octanol–water partition coefficient (Wildman–Crippen LogP) is 4.32. The number of carbonyl (C=O) groups is 2. The minimum Gasteiger partial charge on any atom is -0.466 e. The van der Waals surface area contributed by atoms with Gasteiger partial charge in [-0.25, -0.2) is 12.7 Å². The summed E-state index contributed by atoms with van der Waals surface area (Å²) in [5.74, 6) is -1.85. The van der Waals surface area contributed by atoms with E-state index in [1.807, 2.05) is 6.92 Å². The third-order valence-electron chi connectivity index (χ3n) is 4.86. The number of fused-ring (bicyclic) bond motifs is 1. The number of halogens is 3. The van der Waals surface area contributed by atoms with Crippen LogP contribution in [0.15, 0.2) is 53.4 Å². The Morgan fingerprint density at radius 1 is 1.10 bits per heavy atom. The van der Waals surface area contributed by atoms with Crippen molar-refractivity contribution in [3.8, 4) is 0 Å². The summed E-state index contributed by atoms with van der Waals surface area (Å²) < 4.78 is 70.9. The van der Waals surface area contributed by atoms with E-state index in [1.54, 1.807) is 6.07 Å². The van der Waals surface area contributed by atoms with Gasteiger partial charge in [-0.15, -0.1) is 0 Å². The van der Waals surface area contributed by atoms with E-state index in [0.717, 1.165) is 24.6 Å². The molecule has 0 saturated heterocycles. The van der Waals surface area contributed by atoms with Crippen LogP contribution in [0.2, 0.25) is 0 Å². The molecule has 1 heterocycles. The van der Waals surface area contributed by atoms with E-state index >= 15 is 0 Å². The number of nitrogens with zero attached hydrogens (tertiary/aromatic N) is 1. The Kier molecular flexibility index (Phi) is 6.40. The Bertz CT molecular complexity index is 1100. The lowest BCUT2D eigenvalue weighted by Gasteiger charge is -2.23. The van der Waals surface area contributed by atoms with Crippen LogP contribution < -0.4 is 0 Å². The van der Waals surface area contributed by atoms with Gasteiger partial charge in [0.05, 0.1) is 29.5 Å². The molecule has 3 rings (SSSR count). The first-order valence-electron chi connectivity index (χ1n) is 9.58. The molecule has 1 atom stereocenters. The van der Waals surface area contributed by atoms with Crippen LogP contribution in [-0.4, -0.2) is 31.2 Å². The van der Waals surface area contributed by atoms with Crippen LogP contribution in [0.25, 0.3) is 0 Å². The van der Waals surface area contributed by atoms with Crippen molar-refractivity contribution in [1.82, 2.24) is 4.31 Å². The lowest BCUT2D eigenvalue weighted by molar-refractivity contribution is -0.144. The first-order valence-corrected chi connectivity index (χ1v) is 11.0. The highest BCUT2D eigenvalue weighted by molar-refractivity contribution is 7.90. The fourth-order valence-electron chi connectivity index (χ4n) is 3.34. The van der Waals surface area contributed by atoms with Gasteiger partial charge in [-0.3, -0.25) is 9.59 Å². The Morgan fingerprint density at radius 2 is 1.81 bits per heavy atom. The number of esters is 1. The molecule has 0 radical (unpaired) electrons. The lowest BCUT2D eigenvalue weighted by atomic mass is 10.0. The number of hydrogen-bond acceptors (Lipinski definition) is 5. The van der Waals surface area contributed by atoms with Crippen molar-refractivity contribution in [1.29, 1.82) is 0 Å². The van der Waals surface area contributed by atoms with Crippen molar-refractivity contribution >= 4 is 21.9 Å². The predicted molar refractivity (Wildman–Crippen MR) is 104 cm³/mol. The zero-order valence-electron chi connectivity index (χ0n) is 16.6.